The molecule has 0 spiro atoms. The molecule has 0 aliphatic heterocycles. The lowest BCUT2D eigenvalue weighted by atomic mass is 10.2. The lowest BCUT2D eigenvalue weighted by Gasteiger charge is -2.05. The SMILES string of the molecule is CNC[C@H](O)C1CC1. The van der Waals surface area contributed by atoms with Gasteiger partial charge in [0.05, 0.1) is 6.10 Å². The van der Waals surface area contributed by atoms with Crippen LogP contribution in [0.1, 0.15) is 12.8 Å². The van der Waals surface area contributed by atoms with E-state index in [1.807, 2.05) is 7.05 Å². The van der Waals surface area contributed by atoms with E-state index in [1.54, 1.807) is 0 Å². The maximum Gasteiger partial charge on any atom is 0.0692 e. The predicted molar refractivity (Wildman–Crippen MR) is 32.7 cm³/mol. The van der Waals surface area contributed by atoms with Gasteiger partial charge in [-0.3, -0.25) is 0 Å². The van der Waals surface area contributed by atoms with Crippen LogP contribution in [-0.4, -0.2) is 24.8 Å². The third-order valence-corrected chi connectivity index (χ3v) is 1.58. The molecule has 2 nitrogen and oxygen atoms in total. The van der Waals surface area contributed by atoms with Crippen LogP contribution in [0.15, 0.2) is 0 Å². The van der Waals surface area contributed by atoms with Crippen molar-refractivity contribution in [2.24, 2.45) is 5.92 Å². The van der Waals surface area contributed by atoms with Gasteiger partial charge < -0.3 is 10.4 Å². The third kappa shape index (κ3) is 1.46. The van der Waals surface area contributed by atoms with Gasteiger partial charge in [-0.05, 0) is 25.8 Å². The van der Waals surface area contributed by atoms with Crippen molar-refractivity contribution in [1.29, 1.82) is 0 Å². The quantitative estimate of drug-likeness (QED) is 0.541. The maximum absolute atomic E-state index is 9.13. The molecule has 1 rings (SSSR count). The van der Waals surface area contributed by atoms with Crippen molar-refractivity contribution in [2.75, 3.05) is 13.6 Å². The van der Waals surface area contributed by atoms with Crippen LogP contribution in [0, 0.1) is 5.92 Å². The minimum absolute atomic E-state index is 0.0833. The Morgan fingerprint density at radius 2 is 2.38 bits per heavy atom. The number of hydrogen-bond donors (Lipinski definition) is 2. The van der Waals surface area contributed by atoms with E-state index in [-0.39, 0.29) is 6.10 Å². The second kappa shape index (κ2) is 2.46. The van der Waals surface area contributed by atoms with Gasteiger partial charge in [-0.2, -0.15) is 0 Å². The average Bonchev–Trinajstić information content (AvgIpc) is 2.45. The zero-order chi connectivity index (χ0) is 5.98. The fourth-order valence-electron chi connectivity index (χ4n) is 0.857. The van der Waals surface area contributed by atoms with E-state index < -0.39 is 0 Å². The van der Waals surface area contributed by atoms with E-state index in [9.17, 15) is 0 Å². The van der Waals surface area contributed by atoms with Gasteiger partial charge in [0.25, 0.3) is 0 Å². The first-order valence-electron chi connectivity index (χ1n) is 3.17. The molecule has 0 amide bonds. The van der Waals surface area contributed by atoms with Gasteiger partial charge in [0.1, 0.15) is 0 Å². The van der Waals surface area contributed by atoms with Crippen molar-refractivity contribution < 1.29 is 5.11 Å². The molecule has 1 aliphatic carbocycles. The molecule has 0 aromatic rings. The number of aliphatic hydroxyl groups excluding tert-OH is 1. The van der Waals surface area contributed by atoms with Crippen molar-refractivity contribution in [3.8, 4) is 0 Å². The molecule has 0 aromatic heterocycles. The summed E-state index contributed by atoms with van der Waals surface area (Å²) in [5.74, 6) is 0.613. The summed E-state index contributed by atoms with van der Waals surface area (Å²) >= 11 is 0. The van der Waals surface area contributed by atoms with Crippen LogP contribution in [0.4, 0.5) is 0 Å². The van der Waals surface area contributed by atoms with E-state index in [4.69, 9.17) is 5.11 Å². The van der Waals surface area contributed by atoms with Crippen LogP contribution < -0.4 is 5.32 Å². The van der Waals surface area contributed by atoms with Gasteiger partial charge >= 0.3 is 0 Å². The third-order valence-electron chi connectivity index (χ3n) is 1.58. The highest BCUT2D eigenvalue weighted by molar-refractivity contribution is 4.81. The molecule has 0 aromatic carbocycles. The highest BCUT2D eigenvalue weighted by Gasteiger charge is 2.28. The van der Waals surface area contributed by atoms with E-state index in [0.29, 0.717) is 5.92 Å². The summed E-state index contributed by atoms with van der Waals surface area (Å²) in [4.78, 5) is 0. The zero-order valence-electron chi connectivity index (χ0n) is 5.22. The van der Waals surface area contributed by atoms with Gasteiger partial charge in [-0.1, -0.05) is 0 Å². The fourth-order valence-corrected chi connectivity index (χ4v) is 0.857. The van der Waals surface area contributed by atoms with E-state index >= 15 is 0 Å². The summed E-state index contributed by atoms with van der Waals surface area (Å²) in [5, 5.41) is 12.1. The Balaban J connectivity index is 2.03. The Labute approximate surface area is 49.9 Å². The number of hydrogen-bond acceptors (Lipinski definition) is 2. The van der Waals surface area contributed by atoms with Crippen molar-refractivity contribution in [1.82, 2.24) is 5.32 Å². The topological polar surface area (TPSA) is 32.3 Å². The zero-order valence-corrected chi connectivity index (χ0v) is 5.22. The number of rotatable bonds is 3. The highest BCUT2D eigenvalue weighted by Crippen LogP contribution is 2.31. The van der Waals surface area contributed by atoms with Crippen LogP contribution in [0.3, 0.4) is 0 Å². The van der Waals surface area contributed by atoms with Gasteiger partial charge in [-0.15, -0.1) is 0 Å². The van der Waals surface area contributed by atoms with E-state index in [0.717, 1.165) is 6.54 Å². The summed E-state index contributed by atoms with van der Waals surface area (Å²) in [7, 11) is 1.87. The molecule has 0 radical (unpaired) electrons. The Kier molecular flexibility index (Phi) is 1.86. The molecule has 2 heteroatoms. The molecular formula is C6H13NO. The first-order valence-corrected chi connectivity index (χ1v) is 3.17. The van der Waals surface area contributed by atoms with Crippen LogP contribution in [0.5, 0.6) is 0 Å². The first-order chi connectivity index (χ1) is 3.84. The molecular weight excluding hydrogens is 102 g/mol. The molecule has 48 valence electrons. The van der Waals surface area contributed by atoms with Gasteiger partial charge in [0, 0.05) is 6.54 Å². The van der Waals surface area contributed by atoms with Crippen molar-refractivity contribution in [3.05, 3.63) is 0 Å². The number of aliphatic hydroxyl groups is 1. The predicted octanol–water partition coefficient (Wildman–Crippen LogP) is -0.0233. The van der Waals surface area contributed by atoms with Crippen molar-refractivity contribution in [3.63, 3.8) is 0 Å². The summed E-state index contributed by atoms with van der Waals surface area (Å²) in [5.41, 5.74) is 0. The lowest BCUT2D eigenvalue weighted by Crippen LogP contribution is -2.24. The molecule has 1 atom stereocenters. The molecule has 8 heavy (non-hydrogen) atoms. The Morgan fingerprint density at radius 3 is 2.75 bits per heavy atom. The lowest BCUT2D eigenvalue weighted by molar-refractivity contribution is 0.151. The highest BCUT2D eigenvalue weighted by atomic mass is 16.3. The molecule has 0 bridgehead atoms. The minimum atomic E-state index is -0.0833. The summed E-state index contributed by atoms with van der Waals surface area (Å²) in [6.45, 7) is 0.755. The summed E-state index contributed by atoms with van der Waals surface area (Å²) < 4.78 is 0. The van der Waals surface area contributed by atoms with Crippen LogP contribution >= 0.6 is 0 Å². The van der Waals surface area contributed by atoms with Crippen molar-refractivity contribution in [2.45, 2.75) is 18.9 Å². The molecule has 1 saturated carbocycles. The summed E-state index contributed by atoms with van der Waals surface area (Å²) in [6, 6.07) is 0. The monoisotopic (exact) mass is 115 g/mol. The fraction of sp³-hybridized carbons (Fsp3) is 1.00. The molecule has 0 unspecified atom stereocenters. The van der Waals surface area contributed by atoms with E-state index in [1.165, 1.54) is 12.8 Å². The smallest absolute Gasteiger partial charge is 0.0692 e. The number of likely N-dealkylation sites (N-methyl/N-ethyl adjacent to an activating group) is 1. The van der Waals surface area contributed by atoms with Gasteiger partial charge in [-0.25, -0.2) is 0 Å². The number of nitrogens with one attached hydrogen (secondary N) is 1. The largest absolute Gasteiger partial charge is 0.392 e. The first kappa shape index (κ1) is 6.05. The standard InChI is InChI=1S/C6H13NO/c1-7-4-6(8)5-2-3-5/h5-8H,2-4H2,1H3/t6-/m0/s1. The minimum Gasteiger partial charge on any atom is -0.392 e. The van der Waals surface area contributed by atoms with Crippen LogP contribution in [0.2, 0.25) is 0 Å². The molecule has 2 N–H and O–H groups in total. The Hall–Kier alpha value is -0.0800. The summed E-state index contributed by atoms with van der Waals surface area (Å²) in [6.07, 6.45) is 2.37. The maximum atomic E-state index is 9.13. The van der Waals surface area contributed by atoms with E-state index in [2.05, 4.69) is 5.32 Å². The normalized spacial score (nSPS) is 23.2. The molecule has 1 fully saturated rings. The molecule has 1 aliphatic rings. The average molecular weight is 115 g/mol. The van der Waals surface area contributed by atoms with Gasteiger partial charge in [0.2, 0.25) is 0 Å². The Bertz CT molecular complexity index is 70.9. The van der Waals surface area contributed by atoms with Gasteiger partial charge in [0.15, 0.2) is 0 Å². The van der Waals surface area contributed by atoms with Crippen molar-refractivity contribution >= 4 is 0 Å². The van der Waals surface area contributed by atoms with Crippen LogP contribution in [0.25, 0.3) is 0 Å². The second-order valence-electron chi connectivity index (χ2n) is 2.46. The molecule has 0 heterocycles. The second-order valence-corrected chi connectivity index (χ2v) is 2.46. The Morgan fingerprint density at radius 1 is 1.75 bits per heavy atom. The molecule has 0 saturated heterocycles. The van der Waals surface area contributed by atoms with Crippen LogP contribution in [-0.2, 0) is 0 Å².